The predicted octanol–water partition coefficient (Wildman–Crippen LogP) is 6.07. The SMILES string of the molecule is CCOC(=O)c1ccc(NC(=O)N2Cc3ccccc3-n3cccc3C2c2cc(F)cc(F)c2)cc1. The Morgan fingerprint density at radius 2 is 1.69 bits per heavy atom. The van der Waals surface area contributed by atoms with E-state index >= 15 is 0 Å². The molecule has 1 aromatic heterocycles. The number of esters is 1. The number of hydrogen-bond acceptors (Lipinski definition) is 3. The maximum Gasteiger partial charge on any atom is 0.338 e. The maximum absolute atomic E-state index is 14.3. The van der Waals surface area contributed by atoms with Crippen LogP contribution in [0.2, 0.25) is 0 Å². The summed E-state index contributed by atoms with van der Waals surface area (Å²) in [5.74, 6) is -1.90. The quantitative estimate of drug-likeness (QED) is 0.356. The lowest BCUT2D eigenvalue weighted by Gasteiger charge is -2.31. The highest BCUT2D eigenvalue weighted by atomic mass is 19.1. The van der Waals surface area contributed by atoms with Crippen LogP contribution in [0.4, 0.5) is 19.3 Å². The van der Waals surface area contributed by atoms with Crippen LogP contribution in [0.5, 0.6) is 0 Å². The Labute approximate surface area is 206 Å². The molecule has 1 aliphatic rings. The Morgan fingerprint density at radius 3 is 2.42 bits per heavy atom. The van der Waals surface area contributed by atoms with Gasteiger partial charge >= 0.3 is 12.0 Å². The molecule has 0 fully saturated rings. The average Bonchev–Trinajstić information content (AvgIpc) is 3.28. The van der Waals surface area contributed by atoms with Crippen LogP contribution in [0.1, 0.15) is 40.1 Å². The molecule has 0 saturated carbocycles. The number of hydrogen-bond donors (Lipinski definition) is 1. The van der Waals surface area contributed by atoms with Crippen LogP contribution < -0.4 is 5.32 Å². The molecule has 1 aliphatic heterocycles. The van der Waals surface area contributed by atoms with E-state index in [4.69, 9.17) is 4.74 Å². The van der Waals surface area contributed by atoms with Gasteiger partial charge in [0.15, 0.2) is 0 Å². The number of para-hydroxylation sites is 1. The highest BCUT2D eigenvalue weighted by molar-refractivity contribution is 5.92. The molecule has 0 spiro atoms. The van der Waals surface area contributed by atoms with Gasteiger partial charge in [-0.05, 0) is 72.6 Å². The van der Waals surface area contributed by atoms with Gasteiger partial charge in [0.1, 0.15) is 11.6 Å². The summed E-state index contributed by atoms with van der Waals surface area (Å²) >= 11 is 0. The van der Waals surface area contributed by atoms with Gasteiger partial charge in [-0.1, -0.05) is 18.2 Å². The zero-order valence-electron chi connectivity index (χ0n) is 19.4. The van der Waals surface area contributed by atoms with Crippen molar-refractivity contribution in [1.29, 1.82) is 0 Å². The molecule has 182 valence electrons. The molecular weight excluding hydrogens is 464 g/mol. The second-order valence-electron chi connectivity index (χ2n) is 8.39. The topological polar surface area (TPSA) is 63.6 Å². The number of urea groups is 1. The number of carbonyl (C=O) groups is 2. The first-order chi connectivity index (χ1) is 17.4. The minimum absolute atomic E-state index is 0.202. The first-order valence-corrected chi connectivity index (χ1v) is 11.5. The van der Waals surface area contributed by atoms with Crippen LogP contribution in [-0.4, -0.2) is 28.1 Å². The minimum Gasteiger partial charge on any atom is -0.462 e. The molecule has 5 rings (SSSR count). The highest BCUT2D eigenvalue weighted by Crippen LogP contribution is 2.37. The second-order valence-corrected chi connectivity index (χ2v) is 8.39. The van der Waals surface area contributed by atoms with E-state index in [1.807, 2.05) is 47.2 Å². The lowest BCUT2D eigenvalue weighted by molar-refractivity contribution is 0.0526. The predicted molar refractivity (Wildman–Crippen MR) is 131 cm³/mol. The van der Waals surface area contributed by atoms with Crippen molar-refractivity contribution >= 4 is 17.7 Å². The maximum atomic E-state index is 14.3. The number of fused-ring (bicyclic) bond motifs is 3. The summed E-state index contributed by atoms with van der Waals surface area (Å²) in [6.45, 7) is 2.19. The highest BCUT2D eigenvalue weighted by Gasteiger charge is 2.33. The molecule has 8 heteroatoms. The van der Waals surface area contributed by atoms with Gasteiger partial charge in [0, 0.05) is 23.6 Å². The lowest BCUT2D eigenvalue weighted by Crippen LogP contribution is -2.38. The summed E-state index contributed by atoms with van der Waals surface area (Å²) in [7, 11) is 0. The molecule has 0 bridgehead atoms. The van der Waals surface area contributed by atoms with E-state index in [1.54, 1.807) is 36.1 Å². The van der Waals surface area contributed by atoms with Gasteiger partial charge in [-0.2, -0.15) is 0 Å². The molecule has 0 saturated heterocycles. The summed E-state index contributed by atoms with van der Waals surface area (Å²) in [5, 5.41) is 2.86. The van der Waals surface area contributed by atoms with Crippen molar-refractivity contribution in [3.8, 4) is 5.69 Å². The number of ether oxygens (including phenoxy) is 1. The third kappa shape index (κ3) is 4.45. The fraction of sp³-hybridized carbons (Fsp3) is 0.143. The number of nitrogens with one attached hydrogen (secondary N) is 1. The van der Waals surface area contributed by atoms with Crippen molar-refractivity contribution in [1.82, 2.24) is 9.47 Å². The third-order valence-corrected chi connectivity index (χ3v) is 6.07. The molecule has 1 atom stereocenters. The average molecular weight is 488 g/mol. The van der Waals surface area contributed by atoms with E-state index in [-0.39, 0.29) is 13.2 Å². The Bertz CT molecular complexity index is 1410. The molecule has 0 aliphatic carbocycles. The van der Waals surface area contributed by atoms with Gasteiger partial charge in [-0.3, -0.25) is 0 Å². The standard InChI is InChI=1S/C28H23F2N3O3/c1-2-36-27(34)18-9-11-23(12-10-18)31-28(35)33-17-19-6-3-4-7-24(19)32-13-5-8-25(32)26(33)20-14-21(29)16-22(30)15-20/h3-16,26H,2,17H2,1H3,(H,31,35). The van der Waals surface area contributed by atoms with Crippen LogP contribution in [0.25, 0.3) is 5.69 Å². The second kappa shape index (κ2) is 9.65. The van der Waals surface area contributed by atoms with Gasteiger partial charge in [0.2, 0.25) is 0 Å². The summed E-state index contributed by atoms with van der Waals surface area (Å²) < 4.78 is 35.5. The van der Waals surface area contributed by atoms with Crippen LogP contribution in [0, 0.1) is 11.6 Å². The molecule has 0 radical (unpaired) electrons. The third-order valence-electron chi connectivity index (χ3n) is 6.07. The van der Waals surface area contributed by atoms with Crippen molar-refractivity contribution < 1.29 is 23.1 Å². The monoisotopic (exact) mass is 487 g/mol. The molecule has 2 amide bonds. The van der Waals surface area contributed by atoms with Gasteiger partial charge in [-0.25, -0.2) is 18.4 Å². The molecule has 36 heavy (non-hydrogen) atoms. The van der Waals surface area contributed by atoms with Crippen molar-refractivity contribution in [3.05, 3.63) is 119 Å². The molecular formula is C28H23F2N3O3. The minimum atomic E-state index is -0.767. The first-order valence-electron chi connectivity index (χ1n) is 11.5. The molecule has 3 aromatic carbocycles. The molecule has 2 heterocycles. The van der Waals surface area contributed by atoms with Crippen LogP contribution >= 0.6 is 0 Å². The number of halogens is 2. The first kappa shape index (κ1) is 23.3. The van der Waals surface area contributed by atoms with Crippen LogP contribution in [-0.2, 0) is 11.3 Å². The number of carbonyl (C=O) groups excluding carboxylic acids is 2. The lowest BCUT2D eigenvalue weighted by atomic mass is 10.0. The number of amides is 2. The normalized spacial score (nSPS) is 14.4. The van der Waals surface area contributed by atoms with Crippen LogP contribution in [0.15, 0.2) is 85.1 Å². The zero-order valence-corrected chi connectivity index (χ0v) is 19.4. The number of benzene rings is 3. The summed E-state index contributed by atoms with van der Waals surface area (Å²) in [4.78, 5) is 27.2. The largest absolute Gasteiger partial charge is 0.462 e. The van der Waals surface area contributed by atoms with Crippen molar-refractivity contribution in [2.75, 3.05) is 11.9 Å². The van der Waals surface area contributed by atoms with Crippen molar-refractivity contribution in [2.24, 2.45) is 0 Å². The number of nitrogens with zero attached hydrogens (tertiary/aromatic N) is 2. The number of aromatic nitrogens is 1. The molecule has 6 nitrogen and oxygen atoms in total. The van der Waals surface area contributed by atoms with Gasteiger partial charge in [-0.15, -0.1) is 0 Å². The molecule has 4 aromatic rings. The Morgan fingerprint density at radius 1 is 0.972 bits per heavy atom. The number of anilines is 1. The fourth-order valence-electron chi connectivity index (χ4n) is 4.52. The smallest absolute Gasteiger partial charge is 0.338 e. The van der Waals surface area contributed by atoms with Gasteiger partial charge in [0.25, 0.3) is 0 Å². The summed E-state index contributed by atoms with van der Waals surface area (Å²) in [5.41, 5.74) is 3.59. The summed E-state index contributed by atoms with van der Waals surface area (Å²) in [6, 6.07) is 19.7. The fourth-order valence-corrected chi connectivity index (χ4v) is 4.52. The van der Waals surface area contributed by atoms with Gasteiger partial charge < -0.3 is 19.5 Å². The Hall–Kier alpha value is -4.46. The van der Waals surface area contributed by atoms with E-state index in [9.17, 15) is 18.4 Å². The van der Waals surface area contributed by atoms with E-state index in [0.29, 0.717) is 22.5 Å². The Balaban J connectivity index is 1.55. The zero-order chi connectivity index (χ0) is 25.2. The van der Waals surface area contributed by atoms with Crippen molar-refractivity contribution in [3.63, 3.8) is 0 Å². The van der Waals surface area contributed by atoms with Gasteiger partial charge in [0.05, 0.1) is 30.4 Å². The van der Waals surface area contributed by atoms with E-state index in [0.717, 1.165) is 17.3 Å². The van der Waals surface area contributed by atoms with E-state index in [2.05, 4.69) is 5.32 Å². The van der Waals surface area contributed by atoms with Crippen molar-refractivity contribution in [2.45, 2.75) is 19.5 Å². The number of rotatable bonds is 4. The van der Waals surface area contributed by atoms with E-state index < -0.39 is 29.7 Å². The van der Waals surface area contributed by atoms with Crippen LogP contribution in [0.3, 0.4) is 0 Å². The summed E-state index contributed by atoms with van der Waals surface area (Å²) in [6.07, 6.45) is 1.87. The molecule has 1 unspecified atom stereocenters. The Kier molecular flexibility index (Phi) is 6.25. The van der Waals surface area contributed by atoms with E-state index in [1.165, 1.54) is 12.1 Å². The molecule has 1 N–H and O–H groups in total.